The lowest BCUT2D eigenvalue weighted by Gasteiger charge is -2.16. The summed E-state index contributed by atoms with van der Waals surface area (Å²) in [6.07, 6.45) is 0. The van der Waals surface area contributed by atoms with Crippen molar-refractivity contribution in [2.75, 3.05) is 11.9 Å². The van der Waals surface area contributed by atoms with E-state index in [1.54, 1.807) is 72.8 Å². The molecule has 5 nitrogen and oxygen atoms in total. The van der Waals surface area contributed by atoms with Crippen LogP contribution in [0.5, 0.6) is 0 Å². The largest absolute Gasteiger partial charge is 0.342 e. The van der Waals surface area contributed by atoms with Crippen molar-refractivity contribution in [3.8, 4) is 0 Å². The van der Waals surface area contributed by atoms with Crippen molar-refractivity contribution >= 4 is 23.2 Å². The zero-order chi connectivity index (χ0) is 25.1. The lowest BCUT2D eigenvalue weighted by atomic mass is 9.90. The molecule has 7 heteroatoms. The Kier molecular flexibility index (Phi) is 6.36. The Morgan fingerprint density at radius 1 is 0.750 bits per heavy atom. The second kappa shape index (κ2) is 9.92. The number of ketones is 1. The zero-order valence-corrected chi connectivity index (χ0v) is 19.1. The summed E-state index contributed by atoms with van der Waals surface area (Å²) in [5, 5.41) is 8.62. The van der Waals surface area contributed by atoms with E-state index < -0.39 is 6.03 Å². The fourth-order valence-electron chi connectivity index (χ4n) is 4.12. The van der Waals surface area contributed by atoms with Gasteiger partial charge in [-0.25, -0.2) is 18.6 Å². The number of carbonyl (C=O) groups excluding carboxylic acids is 2. The molecule has 178 valence electrons. The monoisotopic (exact) mass is 481 g/mol. The van der Waals surface area contributed by atoms with Crippen LogP contribution in [0.3, 0.4) is 0 Å². The minimum absolute atomic E-state index is 0.108. The molecule has 2 amide bonds. The maximum atomic E-state index is 13.5. The number of anilines is 1. The molecule has 0 radical (unpaired) electrons. The van der Waals surface area contributed by atoms with E-state index >= 15 is 0 Å². The van der Waals surface area contributed by atoms with Crippen LogP contribution in [0, 0.1) is 11.6 Å². The van der Waals surface area contributed by atoms with E-state index in [0.29, 0.717) is 28.1 Å². The summed E-state index contributed by atoms with van der Waals surface area (Å²) >= 11 is 0. The van der Waals surface area contributed by atoms with Crippen LogP contribution in [0.2, 0.25) is 0 Å². The van der Waals surface area contributed by atoms with Crippen LogP contribution in [0.1, 0.15) is 33.0 Å². The third kappa shape index (κ3) is 4.90. The highest BCUT2D eigenvalue weighted by molar-refractivity contribution is 6.09. The lowest BCUT2D eigenvalue weighted by Crippen LogP contribution is -2.30. The van der Waals surface area contributed by atoms with Crippen molar-refractivity contribution in [3.63, 3.8) is 0 Å². The number of hydrazone groups is 1. The summed E-state index contributed by atoms with van der Waals surface area (Å²) in [4.78, 5) is 25.7. The number of benzene rings is 4. The Morgan fingerprint density at radius 3 is 1.97 bits per heavy atom. The van der Waals surface area contributed by atoms with Gasteiger partial charge in [-0.1, -0.05) is 54.6 Å². The highest BCUT2D eigenvalue weighted by Crippen LogP contribution is 2.29. The summed E-state index contributed by atoms with van der Waals surface area (Å²) in [7, 11) is 0. The number of carbonyl (C=O) groups is 2. The molecule has 1 heterocycles. The number of rotatable bonds is 5. The molecule has 1 N–H and O–H groups in total. The second-order valence-corrected chi connectivity index (χ2v) is 8.38. The highest BCUT2D eigenvalue weighted by atomic mass is 19.1. The molecule has 1 atom stereocenters. The Morgan fingerprint density at radius 2 is 1.33 bits per heavy atom. The van der Waals surface area contributed by atoms with E-state index in [1.807, 2.05) is 6.07 Å². The van der Waals surface area contributed by atoms with Gasteiger partial charge in [0.1, 0.15) is 11.6 Å². The molecule has 1 aliphatic heterocycles. The summed E-state index contributed by atoms with van der Waals surface area (Å²) in [5.41, 5.74) is 3.64. The molecule has 4 aromatic rings. The average molecular weight is 482 g/mol. The van der Waals surface area contributed by atoms with Gasteiger partial charge in [0, 0.05) is 22.7 Å². The number of hydrogen-bond donors (Lipinski definition) is 1. The summed E-state index contributed by atoms with van der Waals surface area (Å²) < 4.78 is 27.0. The van der Waals surface area contributed by atoms with Gasteiger partial charge in [0.05, 0.1) is 12.3 Å². The number of amides is 2. The fraction of sp³-hybridized carbons (Fsp3) is 0.0690. The smallest absolute Gasteiger partial charge is 0.306 e. The van der Waals surface area contributed by atoms with Crippen LogP contribution >= 0.6 is 0 Å². The third-order valence-corrected chi connectivity index (χ3v) is 6.00. The van der Waals surface area contributed by atoms with Gasteiger partial charge in [0.25, 0.3) is 0 Å². The van der Waals surface area contributed by atoms with Crippen LogP contribution in [0.25, 0.3) is 0 Å². The predicted molar refractivity (Wildman–Crippen MR) is 134 cm³/mol. The number of hydrogen-bond acceptors (Lipinski definition) is 3. The van der Waals surface area contributed by atoms with Crippen LogP contribution in [0.15, 0.2) is 108 Å². The molecule has 1 aliphatic rings. The first-order valence-electron chi connectivity index (χ1n) is 11.4. The zero-order valence-electron chi connectivity index (χ0n) is 19.1. The summed E-state index contributed by atoms with van der Waals surface area (Å²) in [5.74, 6) is -1.16. The van der Waals surface area contributed by atoms with E-state index in [9.17, 15) is 18.4 Å². The molecule has 0 saturated carbocycles. The quantitative estimate of drug-likeness (QED) is 0.344. The maximum absolute atomic E-state index is 13.5. The van der Waals surface area contributed by atoms with Gasteiger partial charge >= 0.3 is 6.03 Å². The van der Waals surface area contributed by atoms with Crippen LogP contribution < -0.4 is 5.32 Å². The van der Waals surface area contributed by atoms with E-state index in [-0.39, 0.29) is 29.9 Å². The molecule has 0 aromatic heterocycles. The topological polar surface area (TPSA) is 61.8 Å². The van der Waals surface area contributed by atoms with E-state index in [4.69, 9.17) is 0 Å². The standard InChI is InChI=1S/C29H21F2N3O2/c30-23-12-6-19(7-13-23)26-18-34(33-27(26)20-8-14-24(31)15-9-20)29(36)32-25-16-10-22(11-17-25)28(35)21-4-2-1-3-5-21/h1-17,26H,18H2,(H,32,36). The van der Waals surface area contributed by atoms with Crippen molar-refractivity contribution in [1.29, 1.82) is 0 Å². The van der Waals surface area contributed by atoms with E-state index in [0.717, 1.165) is 5.56 Å². The number of nitrogens with one attached hydrogen (secondary N) is 1. The van der Waals surface area contributed by atoms with Gasteiger partial charge in [-0.2, -0.15) is 5.10 Å². The molecule has 0 spiro atoms. The first-order chi connectivity index (χ1) is 17.5. The molecule has 0 aliphatic carbocycles. The summed E-state index contributed by atoms with van der Waals surface area (Å²) in [6.45, 7) is 0.231. The maximum Gasteiger partial charge on any atom is 0.342 e. The van der Waals surface area contributed by atoms with Crippen molar-refractivity contribution in [3.05, 3.63) is 137 Å². The molecule has 1 unspecified atom stereocenters. The Balaban J connectivity index is 1.35. The van der Waals surface area contributed by atoms with Crippen LogP contribution in [0.4, 0.5) is 19.3 Å². The fourth-order valence-corrected chi connectivity index (χ4v) is 4.12. The van der Waals surface area contributed by atoms with Crippen molar-refractivity contribution < 1.29 is 18.4 Å². The average Bonchev–Trinajstić information content (AvgIpc) is 3.36. The van der Waals surface area contributed by atoms with Gasteiger partial charge in [-0.3, -0.25) is 4.79 Å². The van der Waals surface area contributed by atoms with Crippen molar-refractivity contribution in [1.82, 2.24) is 5.01 Å². The number of halogens is 2. The summed E-state index contributed by atoms with van der Waals surface area (Å²) in [6, 6.07) is 27.0. The van der Waals surface area contributed by atoms with E-state index in [1.165, 1.54) is 29.3 Å². The van der Waals surface area contributed by atoms with Crippen LogP contribution in [-0.2, 0) is 0 Å². The molecular formula is C29H21F2N3O2. The first kappa shape index (κ1) is 23.1. The SMILES string of the molecule is O=C(c1ccccc1)c1ccc(NC(=O)N2CC(c3ccc(F)cc3)C(c3ccc(F)cc3)=N2)cc1. The van der Waals surface area contributed by atoms with Crippen LogP contribution in [-0.4, -0.2) is 29.1 Å². The third-order valence-electron chi connectivity index (χ3n) is 6.00. The Bertz CT molecular complexity index is 1420. The molecule has 0 saturated heterocycles. The van der Waals surface area contributed by atoms with Gasteiger partial charge < -0.3 is 5.32 Å². The molecule has 0 fully saturated rings. The van der Waals surface area contributed by atoms with Crippen molar-refractivity contribution in [2.45, 2.75) is 5.92 Å². The molecule has 36 heavy (non-hydrogen) atoms. The van der Waals surface area contributed by atoms with Gasteiger partial charge in [0.15, 0.2) is 5.78 Å². The second-order valence-electron chi connectivity index (χ2n) is 8.38. The molecule has 4 aromatic carbocycles. The molecular weight excluding hydrogens is 460 g/mol. The Hall–Kier alpha value is -4.65. The molecule has 5 rings (SSSR count). The minimum Gasteiger partial charge on any atom is -0.306 e. The van der Waals surface area contributed by atoms with Crippen molar-refractivity contribution in [2.24, 2.45) is 5.10 Å². The number of nitrogens with zero attached hydrogens (tertiary/aromatic N) is 2. The Labute approximate surface area is 206 Å². The van der Waals surface area contributed by atoms with Gasteiger partial charge in [-0.05, 0) is 59.7 Å². The van der Waals surface area contributed by atoms with Gasteiger partial charge in [-0.15, -0.1) is 0 Å². The minimum atomic E-state index is -0.457. The highest BCUT2D eigenvalue weighted by Gasteiger charge is 2.32. The molecule has 0 bridgehead atoms. The lowest BCUT2D eigenvalue weighted by molar-refractivity contribution is 0.103. The number of urea groups is 1. The van der Waals surface area contributed by atoms with Gasteiger partial charge in [0.2, 0.25) is 0 Å². The predicted octanol–water partition coefficient (Wildman–Crippen LogP) is 6.23. The van der Waals surface area contributed by atoms with E-state index in [2.05, 4.69) is 10.4 Å². The first-order valence-corrected chi connectivity index (χ1v) is 11.4. The normalized spacial score (nSPS) is 14.9.